The van der Waals surface area contributed by atoms with E-state index in [0.29, 0.717) is 22.8 Å². The minimum absolute atomic E-state index is 0.153. The van der Waals surface area contributed by atoms with E-state index in [4.69, 9.17) is 0 Å². The Morgan fingerprint density at radius 1 is 0.829 bits per heavy atom. The highest BCUT2D eigenvalue weighted by Crippen LogP contribution is 2.24. The van der Waals surface area contributed by atoms with Crippen LogP contribution in [0.1, 0.15) is 15.9 Å². The Morgan fingerprint density at radius 3 is 2.37 bits per heavy atom. The summed E-state index contributed by atoms with van der Waals surface area (Å²) in [5.41, 5.74) is 4.81. The number of nitrogens with zero attached hydrogens (tertiary/aromatic N) is 1. The second-order valence-electron chi connectivity index (χ2n) is 8.14. The van der Waals surface area contributed by atoms with Crippen molar-refractivity contribution in [1.29, 1.82) is 0 Å². The molecule has 0 radical (unpaired) electrons. The highest BCUT2D eigenvalue weighted by Gasteiger charge is 2.15. The van der Waals surface area contributed by atoms with E-state index in [1.54, 1.807) is 48.5 Å². The Hall–Kier alpha value is -4.43. The molecule has 4 aromatic carbocycles. The highest BCUT2D eigenvalue weighted by atomic mass is 32.2. The first-order valence-corrected chi connectivity index (χ1v) is 12.4. The van der Waals surface area contributed by atoms with Crippen LogP contribution in [0.2, 0.25) is 0 Å². The number of carbonyl (C=O) groups is 1. The first-order valence-electron chi connectivity index (χ1n) is 10.9. The monoisotopic (exact) mass is 482 g/mol. The number of imidazole rings is 1. The number of carbonyl (C=O) groups excluding carboxylic acids is 1. The van der Waals surface area contributed by atoms with E-state index in [9.17, 15) is 13.2 Å². The van der Waals surface area contributed by atoms with Crippen LogP contribution in [0.3, 0.4) is 0 Å². The maximum atomic E-state index is 12.9. The van der Waals surface area contributed by atoms with E-state index < -0.39 is 10.0 Å². The summed E-state index contributed by atoms with van der Waals surface area (Å²) in [5, 5.41) is 2.87. The van der Waals surface area contributed by atoms with Crippen LogP contribution in [0, 0.1) is 6.92 Å². The fourth-order valence-corrected chi connectivity index (χ4v) is 4.74. The van der Waals surface area contributed by atoms with E-state index >= 15 is 0 Å². The summed E-state index contributed by atoms with van der Waals surface area (Å²) in [7, 11) is -3.77. The van der Waals surface area contributed by atoms with Gasteiger partial charge in [-0.1, -0.05) is 48.0 Å². The number of benzene rings is 4. The minimum atomic E-state index is -3.77. The van der Waals surface area contributed by atoms with Crippen molar-refractivity contribution < 1.29 is 13.2 Å². The van der Waals surface area contributed by atoms with Crippen molar-refractivity contribution in [2.75, 3.05) is 10.0 Å². The predicted octanol–water partition coefficient (Wildman–Crippen LogP) is 5.59. The van der Waals surface area contributed by atoms with E-state index in [1.807, 2.05) is 49.4 Å². The molecule has 7 nitrogen and oxygen atoms in total. The van der Waals surface area contributed by atoms with Gasteiger partial charge in [-0.05, 0) is 61.5 Å². The second-order valence-corrected chi connectivity index (χ2v) is 9.82. The zero-order valence-electron chi connectivity index (χ0n) is 18.8. The van der Waals surface area contributed by atoms with Gasteiger partial charge in [-0.25, -0.2) is 13.4 Å². The van der Waals surface area contributed by atoms with Crippen LogP contribution in [0.5, 0.6) is 0 Å². The van der Waals surface area contributed by atoms with E-state index in [1.165, 1.54) is 6.07 Å². The third-order valence-corrected chi connectivity index (χ3v) is 6.89. The van der Waals surface area contributed by atoms with Crippen molar-refractivity contribution in [3.63, 3.8) is 0 Å². The van der Waals surface area contributed by atoms with Crippen molar-refractivity contribution in [3.05, 3.63) is 108 Å². The lowest BCUT2D eigenvalue weighted by Crippen LogP contribution is -2.15. The topological polar surface area (TPSA) is 104 Å². The van der Waals surface area contributed by atoms with Crippen LogP contribution in [-0.4, -0.2) is 24.3 Å². The van der Waals surface area contributed by atoms with Gasteiger partial charge in [0.15, 0.2) is 0 Å². The molecule has 3 N–H and O–H groups in total. The zero-order valence-corrected chi connectivity index (χ0v) is 19.6. The number of aryl methyl sites for hydroxylation is 1. The molecule has 35 heavy (non-hydrogen) atoms. The Labute approximate surface area is 202 Å². The summed E-state index contributed by atoms with van der Waals surface area (Å²) >= 11 is 0. The molecule has 1 aromatic heterocycles. The molecule has 0 aliphatic heterocycles. The van der Waals surface area contributed by atoms with Crippen molar-refractivity contribution in [2.45, 2.75) is 11.8 Å². The van der Waals surface area contributed by atoms with Crippen molar-refractivity contribution >= 4 is 38.3 Å². The van der Waals surface area contributed by atoms with Gasteiger partial charge in [0, 0.05) is 22.5 Å². The number of anilines is 2. The number of hydrogen-bond donors (Lipinski definition) is 3. The average molecular weight is 483 g/mol. The molecule has 0 saturated carbocycles. The van der Waals surface area contributed by atoms with Crippen molar-refractivity contribution in [1.82, 2.24) is 9.97 Å². The number of H-pyrrole nitrogens is 1. The average Bonchev–Trinajstić information content (AvgIpc) is 3.29. The third-order valence-electron chi connectivity index (χ3n) is 5.49. The fraction of sp³-hybridized carbons (Fsp3) is 0.0370. The molecule has 1 amide bonds. The number of aromatic amines is 1. The molecule has 8 heteroatoms. The third kappa shape index (κ3) is 4.92. The van der Waals surface area contributed by atoms with Crippen molar-refractivity contribution in [2.24, 2.45) is 0 Å². The van der Waals surface area contributed by atoms with Crippen LogP contribution in [0.4, 0.5) is 11.4 Å². The number of nitrogens with one attached hydrogen (secondary N) is 3. The quantitative estimate of drug-likeness (QED) is 0.293. The molecule has 0 aliphatic carbocycles. The SMILES string of the molecule is Cc1ccc(S(=O)(=O)Nc2cccc(C(=O)Nc3cccc(-c4nc5ccccc5[nH]4)c3)c2)cc1. The Morgan fingerprint density at radius 2 is 1.57 bits per heavy atom. The molecule has 1 heterocycles. The molecular weight excluding hydrogens is 460 g/mol. The second kappa shape index (κ2) is 9.08. The first-order chi connectivity index (χ1) is 16.9. The number of aromatic nitrogens is 2. The van der Waals surface area contributed by atoms with E-state index in [2.05, 4.69) is 20.0 Å². The van der Waals surface area contributed by atoms with Crippen LogP contribution in [0.25, 0.3) is 22.4 Å². The lowest BCUT2D eigenvalue weighted by molar-refractivity contribution is 0.102. The molecular formula is C27H22N4O3S. The molecule has 0 spiro atoms. The summed E-state index contributed by atoms with van der Waals surface area (Å²) in [4.78, 5) is 21.0. The number of para-hydroxylation sites is 2. The highest BCUT2D eigenvalue weighted by molar-refractivity contribution is 7.92. The maximum Gasteiger partial charge on any atom is 0.261 e. The van der Waals surface area contributed by atoms with Gasteiger partial charge in [-0.2, -0.15) is 0 Å². The van der Waals surface area contributed by atoms with Crippen molar-refractivity contribution in [3.8, 4) is 11.4 Å². The van der Waals surface area contributed by atoms with Gasteiger partial charge in [0.25, 0.3) is 15.9 Å². The van der Waals surface area contributed by atoms with Gasteiger partial charge in [-0.3, -0.25) is 9.52 Å². The number of fused-ring (bicyclic) bond motifs is 1. The zero-order chi connectivity index (χ0) is 24.4. The van der Waals surface area contributed by atoms with Gasteiger partial charge < -0.3 is 10.3 Å². The molecule has 0 fully saturated rings. The maximum absolute atomic E-state index is 12.9. The summed E-state index contributed by atoms with van der Waals surface area (Å²) in [6, 6.07) is 28.0. The number of sulfonamides is 1. The largest absolute Gasteiger partial charge is 0.338 e. The predicted molar refractivity (Wildman–Crippen MR) is 138 cm³/mol. The molecule has 0 unspecified atom stereocenters. The smallest absolute Gasteiger partial charge is 0.261 e. The van der Waals surface area contributed by atoms with E-state index in [-0.39, 0.29) is 10.8 Å². The summed E-state index contributed by atoms with van der Waals surface area (Å²) in [5.74, 6) is 0.345. The van der Waals surface area contributed by atoms with Gasteiger partial charge in [0.2, 0.25) is 0 Å². The van der Waals surface area contributed by atoms with Crippen LogP contribution in [-0.2, 0) is 10.0 Å². The number of rotatable bonds is 6. The van der Waals surface area contributed by atoms with E-state index in [0.717, 1.165) is 22.2 Å². The van der Waals surface area contributed by atoms with Crippen LogP contribution in [0.15, 0.2) is 102 Å². The number of amides is 1. The standard InChI is InChI=1S/C27H22N4O3S/c1-18-12-14-23(15-13-18)35(33,34)31-22-9-5-7-20(17-22)27(32)28-21-8-4-6-19(16-21)26-29-24-10-2-3-11-25(24)30-26/h2-17,31H,1H3,(H,28,32)(H,29,30). The fourth-order valence-electron chi connectivity index (χ4n) is 3.69. The van der Waals surface area contributed by atoms with Gasteiger partial charge in [0.05, 0.1) is 15.9 Å². The summed E-state index contributed by atoms with van der Waals surface area (Å²) in [6.07, 6.45) is 0. The lowest BCUT2D eigenvalue weighted by atomic mass is 10.1. The van der Waals surface area contributed by atoms with Crippen LogP contribution >= 0.6 is 0 Å². The molecule has 0 atom stereocenters. The first kappa shape index (κ1) is 22.4. The van der Waals surface area contributed by atoms with Gasteiger partial charge >= 0.3 is 0 Å². The molecule has 0 bridgehead atoms. The summed E-state index contributed by atoms with van der Waals surface area (Å²) in [6.45, 7) is 1.89. The molecule has 5 aromatic rings. The van der Waals surface area contributed by atoms with Crippen LogP contribution < -0.4 is 10.0 Å². The molecule has 5 rings (SSSR count). The summed E-state index contributed by atoms with van der Waals surface area (Å²) < 4.78 is 27.9. The minimum Gasteiger partial charge on any atom is -0.338 e. The molecule has 0 saturated heterocycles. The molecule has 0 aliphatic rings. The van der Waals surface area contributed by atoms with Gasteiger partial charge in [0.1, 0.15) is 5.82 Å². The Kier molecular flexibility index (Phi) is 5.80. The Bertz CT molecular complexity index is 1610. The Balaban J connectivity index is 1.34. The molecule has 174 valence electrons. The number of hydrogen-bond acceptors (Lipinski definition) is 4. The normalized spacial score (nSPS) is 11.3. The lowest BCUT2D eigenvalue weighted by Gasteiger charge is -2.11. The van der Waals surface area contributed by atoms with Gasteiger partial charge in [-0.15, -0.1) is 0 Å².